The van der Waals surface area contributed by atoms with Crippen LogP contribution < -0.4 is 21.3 Å². The maximum absolute atomic E-state index is 13.2. The fourth-order valence-corrected chi connectivity index (χ4v) is 4.41. The zero-order chi connectivity index (χ0) is 22.7. The molecule has 1 N–H and O–H groups in total. The lowest BCUT2D eigenvalue weighted by Gasteiger charge is -2.13. The normalized spacial score (nSPS) is 10.9. The van der Waals surface area contributed by atoms with E-state index in [1.165, 1.54) is 15.9 Å². The second kappa shape index (κ2) is 9.42. The van der Waals surface area contributed by atoms with E-state index in [1.807, 2.05) is 19.1 Å². The minimum absolute atomic E-state index is 0.0911. The molecule has 32 heavy (non-hydrogen) atoms. The van der Waals surface area contributed by atoms with Crippen molar-refractivity contribution < 1.29 is 9.53 Å². The highest BCUT2D eigenvalue weighted by Gasteiger charge is 2.17. The number of amides is 1. The minimum atomic E-state index is -0.545. The van der Waals surface area contributed by atoms with E-state index < -0.39 is 11.6 Å². The van der Waals surface area contributed by atoms with Gasteiger partial charge in [0, 0.05) is 10.7 Å². The maximum Gasteiger partial charge on any atom is 0.332 e. The number of nitrogens with zero attached hydrogens (tertiary/aromatic N) is 2. The van der Waals surface area contributed by atoms with Crippen molar-refractivity contribution in [1.82, 2.24) is 9.13 Å². The molecular formula is C23H20ClN3O4S. The molecule has 0 bridgehead atoms. The average Bonchev–Trinajstić information content (AvgIpc) is 3.26. The second-order valence-corrected chi connectivity index (χ2v) is 8.38. The third-order valence-corrected chi connectivity index (χ3v) is 5.95. The Hall–Kier alpha value is -3.36. The molecule has 0 aliphatic carbocycles. The molecule has 4 rings (SSSR count). The summed E-state index contributed by atoms with van der Waals surface area (Å²) in [6, 6.07) is 15.6. The van der Waals surface area contributed by atoms with Crippen LogP contribution in [0.15, 0.2) is 69.6 Å². The predicted molar refractivity (Wildman–Crippen MR) is 127 cm³/mol. The van der Waals surface area contributed by atoms with Gasteiger partial charge in [0.15, 0.2) is 0 Å². The number of fused-ring (bicyclic) bond motifs is 1. The summed E-state index contributed by atoms with van der Waals surface area (Å²) in [6.45, 7) is 2.31. The summed E-state index contributed by atoms with van der Waals surface area (Å²) >= 11 is 7.21. The number of aromatic nitrogens is 2. The number of thiophene rings is 1. The van der Waals surface area contributed by atoms with Crippen LogP contribution in [0.1, 0.15) is 12.5 Å². The molecule has 2 aromatic carbocycles. The summed E-state index contributed by atoms with van der Waals surface area (Å²) in [5.41, 5.74) is 0.823. The van der Waals surface area contributed by atoms with Gasteiger partial charge in [0.05, 0.1) is 18.7 Å². The third-order valence-electron chi connectivity index (χ3n) is 4.82. The Morgan fingerprint density at radius 1 is 1.09 bits per heavy atom. The van der Waals surface area contributed by atoms with Gasteiger partial charge in [-0.25, -0.2) is 4.79 Å². The van der Waals surface area contributed by atoms with Crippen molar-refractivity contribution in [3.05, 3.63) is 91.4 Å². The summed E-state index contributed by atoms with van der Waals surface area (Å²) in [4.78, 5) is 38.8. The fourth-order valence-electron chi connectivity index (χ4n) is 3.38. The van der Waals surface area contributed by atoms with Crippen LogP contribution in [-0.4, -0.2) is 21.6 Å². The second-order valence-electron chi connectivity index (χ2n) is 7.03. The van der Waals surface area contributed by atoms with Crippen LogP contribution in [0, 0.1) is 0 Å². The highest BCUT2D eigenvalue weighted by Crippen LogP contribution is 2.18. The fraction of sp³-hybridized carbons (Fsp3) is 0.174. The van der Waals surface area contributed by atoms with Crippen molar-refractivity contribution in [1.29, 1.82) is 0 Å². The lowest BCUT2D eigenvalue weighted by molar-refractivity contribution is -0.116. The van der Waals surface area contributed by atoms with Gasteiger partial charge < -0.3 is 10.1 Å². The molecule has 0 fully saturated rings. The zero-order valence-corrected chi connectivity index (χ0v) is 18.8. The van der Waals surface area contributed by atoms with Gasteiger partial charge in [0.1, 0.15) is 17.0 Å². The number of hydrogen-bond acceptors (Lipinski definition) is 5. The van der Waals surface area contributed by atoms with Crippen molar-refractivity contribution in [2.24, 2.45) is 0 Å². The van der Waals surface area contributed by atoms with Crippen LogP contribution in [-0.2, 0) is 17.9 Å². The lowest BCUT2D eigenvalue weighted by atomic mass is 10.2. The first kappa shape index (κ1) is 21.9. The number of anilines is 1. The molecule has 1 amide bonds. The molecule has 2 aromatic heterocycles. The molecule has 0 radical (unpaired) electrons. The Kier molecular flexibility index (Phi) is 6.43. The molecule has 0 saturated carbocycles. The average molecular weight is 470 g/mol. The summed E-state index contributed by atoms with van der Waals surface area (Å²) in [7, 11) is 0. The Labute approximate surface area is 192 Å². The van der Waals surface area contributed by atoms with Crippen LogP contribution >= 0.6 is 22.9 Å². The van der Waals surface area contributed by atoms with Crippen molar-refractivity contribution in [3.8, 4) is 5.75 Å². The predicted octanol–water partition coefficient (Wildman–Crippen LogP) is 3.96. The number of rotatable bonds is 7. The topological polar surface area (TPSA) is 82.3 Å². The summed E-state index contributed by atoms with van der Waals surface area (Å²) in [6.07, 6.45) is 0. The molecule has 7 nitrogen and oxygen atoms in total. The molecule has 164 valence electrons. The van der Waals surface area contributed by atoms with Crippen molar-refractivity contribution in [2.75, 3.05) is 11.9 Å². The van der Waals surface area contributed by atoms with Crippen molar-refractivity contribution in [2.45, 2.75) is 20.0 Å². The van der Waals surface area contributed by atoms with Crippen LogP contribution in [0.3, 0.4) is 0 Å². The first-order valence-electron chi connectivity index (χ1n) is 9.94. The van der Waals surface area contributed by atoms with E-state index in [4.69, 9.17) is 16.3 Å². The summed E-state index contributed by atoms with van der Waals surface area (Å²) in [5, 5.41) is 4.96. The largest absolute Gasteiger partial charge is 0.494 e. The first-order valence-corrected chi connectivity index (χ1v) is 11.2. The zero-order valence-electron chi connectivity index (χ0n) is 17.2. The van der Waals surface area contributed by atoms with Gasteiger partial charge in [0.25, 0.3) is 5.56 Å². The van der Waals surface area contributed by atoms with Crippen LogP contribution in [0.5, 0.6) is 5.75 Å². The lowest BCUT2D eigenvalue weighted by Crippen LogP contribution is -2.41. The van der Waals surface area contributed by atoms with E-state index in [-0.39, 0.29) is 18.6 Å². The number of ether oxygens (including phenoxy) is 1. The van der Waals surface area contributed by atoms with E-state index >= 15 is 0 Å². The molecule has 4 aromatic rings. The summed E-state index contributed by atoms with van der Waals surface area (Å²) < 4.78 is 8.34. The van der Waals surface area contributed by atoms with E-state index in [0.717, 1.165) is 10.1 Å². The molecular weight excluding hydrogens is 450 g/mol. The number of hydrogen-bond donors (Lipinski definition) is 1. The van der Waals surface area contributed by atoms with Gasteiger partial charge in [-0.1, -0.05) is 29.8 Å². The number of benzene rings is 2. The quantitative estimate of drug-likeness (QED) is 0.444. The minimum Gasteiger partial charge on any atom is -0.494 e. The van der Waals surface area contributed by atoms with E-state index in [0.29, 0.717) is 33.3 Å². The number of carbonyl (C=O) groups is 1. The Morgan fingerprint density at radius 3 is 2.59 bits per heavy atom. The molecule has 0 aliphatic heterocycles. The van der Waals surface area contributed by atoms with Crippen molar-refractivity contribution >= 4 is 44.7 Å². The SMILES string of the molecule is CCOc1ccc(Cn2c(=O)c3sccc3n(CC(=O)Nc3cccc(Cl)c3)c2=O)cc1. The van der Waals surface area contributed by atoms with Gasteiger partial charge in [0.2, 0.25) is 5.91 Å². The third kappa shape index (κ3) is 4.61. The van der Waals surface area contributed by atoms with Gasteiger partial charge in [-0.15, -0.1) is 11.3 Å². The molecule has 0 aliphatic rings. The molecule has 9 heteroatoms. The van der Waals surface area contributed by atoms with Crippen LogP contribution in [0.4, 0.5) is 5.69 Å². The molecule has 0 spiro atoms. The van der Waals surface area contributed by atoms with E-state index in [2.05, 4.69) is 5.32 Å². The number of carbonyl (C=O) groups excluding carboxylic acids is 1. The highest BCUT2D eigenvalue weighted by molar-refractivity contribution is 7.17. The van der Waals surface area contributed by atoms with Gasteiger partial charge >= 0.3 is 5.69 Å². The van der Waals surface area contributed by atoms with E-state index in [9.17, 15) is 14.4 Å². The summed E-state index contributed by atoms with van der Waals surface area (Å²) in [5.74, 6) is 0.320. The Morgan fingerprint density at radius 2 is 1.88 bits per heavy atom. The molecule has 0 unspecified atom stereocenters. The van der Waals surface area contributed by atoms with Gasteiger partial charge in [-0.2, -0.15) is 0 Å². The number of halogens is 1. The molecule has 2 heterocycles. The molecule has 0 saturated heterocycles. The highest BCUT2D eigenvalue weighted by atomic mass is 35.5. The monoisotopic (exact) mass is 469 g/mol. The standard InChI is InChI=1S/C23H20ClN3O4S/c1-2-31-18-8-6-15(7-9-18)13-27-22(29)21-19(10-11-32-21)26(23(27)30)14-20(28)25-17-5-3-4-16(24)12-17/h3-12H,2,13-14H2,1H3,(H,25,28). The molecule has 0 atom stereocenters. The van der Waals surface area contributed by atoms with Crippen LogP contribution in [0.2, 0.25) is 5.02 Å². The van der Waals surface area contributed by atoms with Gasteiger partial charge in [-0.05, 0) is 54.3 Å². The van der Waals surface area contributed by atoms with Gasteiger partial charge in [-0.3, -0.25) is 18.7 Å². The smallest absolute Gasteiger partial charge is 0.332 e. The number of nitrogens with one attached hydrogen (secondary N) is 1. The van der Waals surface area contributed by atoms with Crippen LogP contribution in [0.25, 0.3) is 10.2 Å². The maximum atomic E-state index is 13.2. The Balaban J connectivity index is 1.67. The first-order chi connectivity index (χ1) is 15.5. The Bertz CT molecular complexity index is 1390. The van der Waals surface area contributed by atoms with Crippen molar-refractivity contribution in [3.63, 3.8) is 0 Å². The van der Waals surface area contributed by atoms with E-state index in [1.54, 1.807) is 47.8 Å².